The molecule has 3 aromatic rings. The fourth-order valence-corrected chi connectivity index (χ4v) is 2.89. The van der Waals surface area contributed by atoms with E-state index in [2.05, 4.69) is 17.6 Å². The summed E-state index contributed by atoms with van der Waals surface area (Å²) in [5.74, 6) is -0.132. The minimum Gasteiger partial charge on any atom is -0.508 e. The SMILES string of the molecule is Oc1ccc2nc(-c3ccc(F)c(S)c3)sc2c1. The number of phenolic OH excluding ortho intramolecular Hbond substituents is 1. The van der Waals surface area contributed by atoms with Crippen molar-refractivity contribution >= 4 is 34.2 Å². The Morgan fingerprint density at radius 1 is 1.17 bits per heavy atom. The zero-order valence-electron chi connectivity index (χ0n) is 9.09. The maximum atomic E-state index is 13.1. The maximum absolute atomic E-state index is 13.1. The van der Waals surface area contributed by atoms with Crippen molar-refractivity contribution < 1.29 is 9.50 Å². The highest BCUT2D eigenvalue weighted by Gasteiger charge is 2.08. The molecule has 0 aliphatic carbocycles. The minimum absolute atomic E-state index is 0.215. The standard InChI is InChI=1S/C13H8FNOS2/c14-9-3-1-7(5-11(9)17)13-15-10-4-2-8(16)6-12(10)18-13/h1-6,16-17H. The van der Waals surface area contributed by atoms with Gasteiger partial charge in [0.15, 0.2) is 0 Å². The van der Waals surface area contributed by atoms with Crippen LogP contribution in [-0.4, -0.2) is 10.1 Å². The summed E-state index contributed by atoms with van der Waals surface area (Å²) in [6.45, 7) is 0. The number of rotatable bonds is 1. The van der Waals surface area contributed by atoms with Crippen LogP contribution in [0.15, 0.2) is 41.3 Å². The van der Waals surface area contributed by atoms with E-state index in [-0.39, 0.29) is 11.6 Å². The number of thiazole rings is 1. The van der Waals surface area contributed by atoms with Crippen LogP contribution >= 0.6 is 24.0 Å². The second kappa shape index (κ2) is 4.26. The molecule has 0 radical (unpaired) electrons. The van der Waals surface area contributed by atoms with E-state index in [1.54, 1.807) is 30.3 Å². The van der Waals surface area contributed by atoms with Crippen molar-refractivity contribution in [2.24, 2.45) is 0 Å². The van der Waals surface area contributed by atoms with Gasteiger partial charge in [0, 0.05) is 10.5 Å². The quantitative estimate of drug-likeness (QED) is 0.657. The van der Waals surface area contributed by atoms with Crippen LogP contribution in [0.25, 0.3) is 20.8 Å². The van der Waals surface area contributed by atoms with E-state index in [1.165, 1.54) is 17.4 Å². The molecule has 5 heteroatoms. The fraction of sp³-hybridized carbons (Fsp3) is 0. The van der Waals surface area contributed by atoms with Gasteiger partial charge in [0.2, 0.25) is 0 Å². The highest BCUT2D eigenvalue weighted by molar-refractivity contribution is 7.80. The minimum atomic E-state index is -0.346. The average Bonchev–Trinajstić information content (AvgIpc) is 2.75. The van der Waals surface area contributed by atoms with Crippen molar-refractivity contribution in [1.29, 1.82) is 0 Å². The summed E-state index contributed by atoms with van der Waals surface area (Å²) < 4.78 is 14.0. The van der Waals surface area contributed by atoms with E-state index in [0.717, 1.165) is 20.8 Å². The molecule has 0 fully saturated rings. The number of aromatic hydroxyl groups is 1. The molecule has 0 spiro atoms. The molecule has 2 aromatic carbocycles. The van der Waals surface area contributed by atoms with E-state index in [1.807, 2.05) is 0 Å². The second-order valence-corrected chi connectivity index (χ2v) is 5.35. The molecule has 0 atom stereocenters. The number of halogens is 1. The van der Waals surface area contributed by atoms with Crippen molar-refractivity contribution in [3.05, 3.63) is 42.2 Å². The highest BCUT2D eigenvalue weighted by Crippen LogP contribution is 2.33. The third kappa shape index (κ3) is 1.95. The summed E-state index contributed by atoms with van der Waals surface area (Å²) in [5.41, 5.74) is 1.64. The van der Waals surface area contributed by atoms with Gasteiger partial charge in [0.1, 0.15) is 16.6 Å². The van der Waals surface area contributed by atoms with E-state index in [4.69, 9.17) is 0 Å². The number of aromatic nitrogens is 1. The fourth-order valence-electron chi connectivity index (χ4n) is 1.68. The smallest absolute Gasteiger partial charge is 0.136 e. The van der Waals surface area contributed by atoms with Gasteiger partial charge < -0.3 is 5.11 Å². The Labute approximate surface area is 112 Å². The van der Waals surface area contributed by atoms with Crippen LogP contribution < -0.4 is 0 Å². The molecule has 1 aromatic heterocycles. The van der Waals surface area contributed by atoms with E-state index >= 15 is 0 Å². The predicted octanol–water partition coefficient (Wildman–Crippen LogP) is 4.10. The summed E-state index contributed by atoms with van der Waals surface area (Å²) in [5, 5.41) is 10.2. The number of fused-ring (bicyclic) bond motifs is 1. The van der Waals surface area contributed by atoms with Gasteiger partial charge in [-0.25, -0.2) is 9.37 Å². The Balaban J connectivity index is 2.16. The third-order valence-corrected chi connectivity index (χ3v) is 3.98. The normalized spacial score (nSPS) is 11.0. The number of benzene rings is 2. The molecular weight excluding hydrogens is 269 g/mol. The van der Waals surface area contributed by atoms with Gasteiger partial charge in [0.05, 0.1) is 10.2 Å². The molecule has 0 aliphatic heterocycles. The average molecular weight is 277 g/mol. The maximum Gasteiger partial charge on any atom is 0.136 e. The molecule has 2 nitrogen and oxygen atoms in total. The van der Waals surface area contributed by atoms with E-state index < -0.39 is 0 Å². The van der Waals surface area contributed by atoms with Gasteiger partial charge in [-0.2, -0.15) is 0 Å². The van der Waals surface area contributed by atoms with Gasteiger partial charge in [-0.3, -0.25) is 0 Å². The van der Waals surface area contributed by atoms with Crippen molar-refractivity contribution in [3.63, 3.8) is 0 Å². The molecular formula is C13H8FNOS2. The number of nitrogens with zero attached hydrogens (tertiary/aromatic N) is 1. The molecule has 1 heterocycles. The molecule has 0 saturated heterocycles. The van der Waals surface area contributed by atoms with Crippen LogP contribution in [0, 0.1) is 5.82 Å². The number of hydrogen-bond donors (Lipinski definition) is 2. The Bertz CT molecular complexity index is 739. The van der Waals surface area contributed by atoms with Crippen LogP contribution in [-0.2, 0) is 0 Å². The van der Waals surface area contributed by atoms with Gasteiger partial charge in [-0.05, 0) is 36.4 Å². The van der Waals surface area contributed by atoms with E-state index in [0.29, 0.717) is 4.90 Å². The number of hydrogen-bond acceptors (Lipinski definition) is 4. The van der Waals surface area contributed by atoms with Crippen LogP contribution in [0.3, 0.4) is 0 Å². The molecule has 0 amide bonds. The van der Waals surface area contributed by atoms with Crippen molar-refractivity contribution in [3.8, 4) is 16.3 Å². The van der Waals surface area contributed by atoms with Gasteiger partial charge in [-0.15, -0.1) is 24.0 Å². The van der Waals surface area contributed by atoms with E-state index in [9.17, 15) is 9.50 Å². The summed E-state index contributed by atoms with van der Waals surface area (Å²) in [7, 11) is 0. The lowest BCUT2D eigenvalue weighted by Gasteiger charge is -1.98. The van der Waals surface area contributed by atoms with Crippen LogP contribution in [0.4, 0.5) is 4.39 Å². The molecule has 0 unspecified atom stereocenters. The summed E-state index contributed by atoms with van der Waals surface area (Å²) in [6.07, 6.45) is 0. The lowest BCUT2D eigenvalue weighted by molar-refractivity contribution is 0.476. The Morgan fingerprint density at radius 3 is 2.78 bits per heavy atom. The first kappa shape index (κ1) is 11.5. The Morgan fingerprint density at radius 2 is 2.00 bits per heavy atom. The first-order valence-electron chi connectivity index (χ1n) is 5.22. The first-order valence-corrected chi connectivity index (χ1v) is 6.48. The van der Waals surface area contributed by atoms with Gasteiger partial charge in [-0.1, -0.05) is 0 Å². The van der Waals surface area contributed by atoms with Crippen molar-refractivity contribution in [2.75, 3.05) is 0 Å². The monoisotopic (exact) mass is 277 g/mol. The second-order valence-electron chi connectivity index (χ2n) is 3.84. The zero-order chi connectivity index (χ0) is 12.7. The third-order valence-electron chi connectivity index (χ3n) is 2.57. The summed E-state index contributed by atoms with van der Waals surface area (Å²) in [6, 6.07) is 9.72. The largest absolute Gasteiger partial charge is 0.508 e. The molecule has 90 valence electrons. The molecule has 0 saturated carbocycles. The molecule has 1 N–H and O–H groups in total. The van der Waals surface area contributed by atoms with Crippen LogP contribution in [0.2, 0.25) is 0 Å². The summed E-state index contributed by atoms with van der Waals surface area (Å²) in [4.78, 5) is 4.75. The summed E-state index contributed by atoms with van der Waals surface area (Å²) >= 11 is 5.51. The molecule has 3 rings (SSSR count). The van der Waals surface area contributed by atoms with Crippen molar-refractivity contribution in [2.45, 2.75) is 4.90 Å². The number of phenols is 1. The predicted molar refractivity (Wildman–Crippen MR) is 73.9 cm³/mol. The van der Waals surface area contributed by atoms with Crippen LogP contribution in [0.1, 0.15) is 0 Å². The lowest BCUT2D eigenvalue weighted by atomic mass is 10.2. The first-order chi connectivity index (χ1) is 8.63. The Hall–Kier alpha value is -1.59. The highest BCUT2D eigenvalue weighted by atomic mass is 32.1. The zero-order valence-corrected chi connectivity index (χ0v) is 10.8. The van der Waals surface area contributed by atoms with Gasteiger partial charge in [0.25, 0.3) is 0 Å². The van der Waals surface area contributed by atoms with Crippen molar-refractivity contribution in [1.82, 2.24) is 4.98 Å². The molecule has 0 aliphatic rings. The van der Waals surface area contributed by atoms with Gasteiger partial charge >= 0.3 is 0 Å². The molecule has 0 bridgehead atoms. The topological polar surface area (TPSA) is 33.1 Å². The lowest BCUT2D eigenvalue weighted by Crippen LogP contribution is -1.80. The Kier molecular flexibility index (Phi) is 2.72. The molecule has 18 heavy (non-hydrogen) atoms. The van der Waals surface area contributed by atoms with Crippen LogP contribution in [0.5, 0.6) is 5.75 Å². The number of thiol groups is 1.